The van der Waals surface area contributed by atoms with Gasteiger partial charge in [0.25, 0.3) is 0 Å². The zero-order chi connectivity index (χ0) is 13.0. The third-order valence-electron chi connectivity index (χ3n) is 2.83. The molecule has 0 aromatic heterocycles. The van der Waals surface area contributed by atoms with Gasteiger partial charge in [-0.15, -0.1) is 0 Å². The fraction of sp³-hybridized carbons (Fsp3) is 0.800. The molecule has 17 heavy (non-hydrogen) atoms. The van der Waals surface area contributed by atoms with Crippen molar-refractivity contribution in [2.75, 3.05) is 20.3 Å². The van der Waals surface area contributed by atoms with Crippen molar-refractivity contribution >= 4 is 11.9 Å². The second-order valence-corrected chi connectivity index (χ2v) is 4.10. The Balaban J connectivity index is 2.61. The minimum Gasteiger partial charge on any atom is -0.480 e. The Morgan fingerprint density at radius 3 is 2.53 bits per heavy atom. The number of carboxylic acid groups (broad SMARTS) is 1. The zero-order valence-corrected chi connectivity index (χ0v) is 9.84. The predicted octanol–water partition coefficient (Wildman–Crippen LogP) is -1.83. The Morgan fingerprint density at radius 2 is 2.06 bits per heavy atom. The van der Waals surface area contributed by atoms with Gasteiger partial charge in [0.15, 0.2) is 6.04 Å². The van der Waals surface area contributed by atoms with Crippen LogP contribution in [0.2, 0.25) is 0 Å². The van der Waals surface area contributed by atoms with Gasteiger partial charge >= 0.3 is 5.97 Å². The summed E-state index contributed by atoms with van der Waals surface area (Å²) in [4.78, 5) is 22.6. The van der Waals surface area contributed by atoms with Gasteiger partial charge in [0.1, 0.15) is 0 Å². The summed E-state index contributed by atoms with van der Waals surface area (Å²) in [7, 11) is 1.71. The fourth-order valence-electron chi connectivity index (χ4n) is 1.75. The largest absolute Gasteiger partial charge is 0.480 e. The van der Waals surface area contributed by atoms with Crippen molar-refractivity contribution in [1.82, 2.24) is 10.6 Å². The number of aliphatic carboxylic acids is 1. The standard InChI is InChI=1S/C10H18N2O5/c1-5(13)8(10(15)16)12-9(14)6-3-17-4-7(6)11-2/h5-8,11,13H,3-4H2,1-2H3,(H,12,14)(H,15,16). The Kier molecular flexibility index (Phi) is 4.86. The number of carbonyl (C=O) groups is 2. The molecule has 0 aromatic carbocycles. The maximum atomic E-state index is 11.8. The second kappa shape index (κ2) is 5.95. The smallest absolute Gasteiger partial charge is 0.328 e. The van der Waals surface area contributed by atoms with Gasteiger partial charge in [-0.1, -0.05) is 0 Å². The van der Waals surface area contributed by atoms with E-state index in [1.165, 1.54) is 6.92 Å². The quantitative estimate of drug-likeness (QED) is 0.454. The molecule has 7 heteroatoms. The molecule has 0 radical (unpaired) electrons. The number of aliphatic hydroxyl groups is 1. The molecular formula is C10H18N2O5. The number of aliphatic hydroxyl groups excluding tert-OH is 1. The van der Waals surface area contributed by atoms with Gasteiger partial charge < -0.3 is 25.6 Å². The van der Waals surface area contributed by atoms with Crippen molar-refractivity contribution in [2.24, 2.45) is 5.92 Å². The molecule has 0 aromatic rings. The van der Waals surface area contributed by atoms with E-state index in [-0.39, 0.29) is 12.6 Å². The number of hydrogen-bond donors (Lipinski definition) is 4. The van der Waals surface area contributed by atoms with Crippen LogP contribution in [0.4, 0.5) is 0 Å². The van der Waals surface area contributed by atoms with Crippen molar-refractivity contribution in [3.05, 3.63) is 0 Å². The Morgan fingerprint density at radius 1 is 1.41 bits per heavy atom. The molecule has 1 saturated heterocycles. The maximum absolute atomic E-state index is 11.8. The monoisotopic (exact) mass is 246 g/mol. The maximum Gasteiger partial charge on any atom is 0.328 e. The highest BCUT2D eigenvalue weighted by atomic mass is 16.5. The highest BCUT2D eigenvalue weighted by Crippen LogP contribution is 2.14. The number of hydrogen-bond acceptors (Lipinski definition) is 5. The first-order chi connectivity index (χ1) is 7.97. The predicted molar refractivity (Wildman–Crippen MR) is 58.4 cm³/mol. The molecule has 1 aliphatic heterocycles. The highest BCUT2D eigenvalue weighted by molar-refractivity contribution is 5.86. The average molecular weight is 246 g/mol. The summed E-state index contributed by atoms with van der Waals surface area (Å²) in [6.07, 6.45) is -1.15. The lowest BCUT2D eigenvalue weighted by atomic mass is 10.0. The molecule has 1 rings (SSSR count). The van der Waals surface area contributed by atoms with Crippen molar-refractivity contribution in [3.8, 4) is 0 Å². The van der Waals surface area contributed by atoms with Gasteiger partial charge in [0, 0.05) is 6.04 Å². The van der Waals surface area contributed by atoms with Gasteiger partial charge in [-0.25, -0.2) is 4.79 Å². The summed E-state index contributed by atoms with van der Waals surface area (Å²) in [5, 5.41) is 23.3. The first kappa shape index (κ1) is 13.9. The molecule has 1 fully saturated rings. The lowest BCUT2D eigenvalue weighted by Gasteiger charge is -2.21. The van der Waals surface area contributed by atoms with Crippen molar-refractivity contribution in [2.45, 2.75) is 25.1 Å². The summed E-state index contributed by atoms with van der Waals surface area (Å²) in [5.41, 5.74) is 0. The number of amides is 1. The first-order valence-electron chi connectivity index (χ1n) is 5.43. The summed E-state index contributed by atoms with van der Waals surface area (Å²) >= 11 is 0. The summed E-state index contributed by atoms with van der Waals surface area (Å²) in [6, 6.07) is -1.42. The van der Waals surface area contributed by atoms with E-state index >= 15 is 0 Å². The third kappa shape index (κ3) is 3.39. The van der Waals surface area contributed by atoms with Crippen LogP contribution < -0.4 is 10.6 Å². The topological polar surface area (TPSA) is 108 Å². The fourth-order valence-corrected chi connectivity index (χ4v) is 1.75. The van der Waals surface area contributed by atoms with Crippen LogP contribution in [0, 0.1) is 5.92 Å². The Labute approximate surface area is 99.1 Å². The van der Waals surface area contributed by atoms with Gasteiger partial charge in [-0.05, 0) is 14.0 Å². The lowest BCUT2D eigenvalue weighted by molar-refractivity contribution is -0.145. The number of rotatable bonds is 5. The molecule has 98 valence electrons. The lowest BCUT2D eigenvalue weighted by Crippen LogP contribution is -2.52. The van der Waals surface area contributed by atoms with Gasteiger partial charge in [0.05, 0.1) is 25.2 Å². The van der Waals surface area contributed by atoms with Crippen LogP contribution in [0.1, 0.15) is 6.92 Å². The Bertz CT molecular complexity index is 294. The molecular weight excluding hydrogens is 228 g/mol. The van der Waals surface area contributed by atoms with Crippen LogP contribution in [0.5, 0.6) is 0 Å². The summed E-state index contributed by atoms with van der Waals surface area (Å²) in [5.74, 6) is -2.11. The molecule has 0 saturated carbocycles. The Hall–Kier alpha value is -1.18. The summed E-state index contributed by atoms with van der Waals surface area (Å²) in [6.45, 7) is 1.99. The first-order valence-corrected chi connectivity index (χ1v) is 5.43. The molecule has 1 heterocycles. The minimum atomic E-state index is -1.29. The van der Waals surface area contributed by atoms with E-state index in [1.807, 2.05) is 0 Å². The molecule has 0 bridgehead atoms. The van der Waals surface area contributed by atoms with E-state index in [2.05, 4.69) is 10.6 Å². The third-order valence-corrected chi connectivity index (χ3v) is 2.83. The van der Waals surface area contributed by atoms with Crippen LogP contribution in [-0.4, -0.2) is 60.5 Å². The molecule has 4 N–H and O–H groups in total. The van der Waals surface area contributed by atoms with E-state index in [9.17, 15) is 14.7 Å². The van der Waals surface area contributed by atoms with Gasteiger partial charge in [-0.2, -0.15) is 0 Å². The molecule has 4 atom stereocenters. The minimum absolute atomic E-state index is 0.126. The van der Waals surface area contributed by atoms with Crippen LogP contribution in [-0.2, 0) is 14.3 Å². The van der Waals surface area contributed by atoms with Crippen molar-refractivity contribution in [3.63, 3.8) is 0 Å². The number of carboxylic acids is 1. The molecule has 0 aliphatic carbocycles. The number of likely N-dealkylation sites (N-methyl/N-ethyl adjacent to an activating group) is 1. The van der Waals surface area contributed by atoms with E-state index in [0.717, 1.165) is 0 Å². The number of carbonyl (C=O) groups excluding carboxylic acids is 1. The summed E-state index contributed by atoms with van der Waals surface area (Å²) < 4.78 is 5.15. The van der Waals surface area contributed by atoms with Crippen LogP contribution in [0.15, 0.2) is 0 Å². The molecule has 1 amide bonds. The highest BCUT2D eigenvalue weighted by Gasteiger charge is 2.35. The number of nitrogens with one attached hydrogen (secondary N) is 2. The number of ether oxygens (including phenoxy) is 1. The van der Waals surface area contributed by atoms with E-state index in [0.29, 0.717) is 6.61 Å². The zero-order valence-electron chi connectivity index (χ0n) is 9.84. The molecule has 0 spiro atoms. The van der Waals surface area contributed by atoms with Crippen LogP contribution in [0.25, 0.3) is 0 Å². The molecule has 1 aliphatic rings. The van der Waals surface area contributed by atoms with Crippen LogP contribution in [0.3, 0.4) is 0 Å². The van der Waals surface area contributed by atoms with Gasteiger partial charge in [0.2, 0.25) is 5.91 Å². The average Bonchev–Trinajstić information content (AvgIpc) is 2.72. The van der Waals surface area contributed by atoms with E-state index in [4.69, 9.17) is 9.84 Å². The van der Waals surface area contributed by atoms with Gasteiger partial charge in [-0.3, -0.25) is 4.79 Å². The van der Waals surface area contributed by atoms with E-state index in [1.54, 1.807) is 7.05 Å². The SMILES string of the molecule is CNC1COCC1C(=O)NC(C(=O)O)C(C)O. The normalized spacial score (nSPS) is 27.5. The van der Waals surface area contributed by atoms with Crippen molar-refractivity contribution in [1.29, 1.82) is 0 Å². The van der Waals surface area contributed by atoms with E-state index < -0.39 is 29.9 Å². The van der Waals surface area contributed by atoms with Crippen molar-refractivity contribution < 1.29 is 24.5 Å². The van der Waals surface area contributed by atoms with Crippen LogP contribution >= 0.6 is 0 Å². The molecule has 4 unspecified atom stereocenters. The molecule has 7 nitrogen and oxygen atoms in total. The second-order valence-electron chi connectivity index (χ2n) is 4.10.